The van der Waals surface area contributed by atoms with Crippen LogP contribution in [0.25, 0.3) is 0 Å². The van der Waals surface area contributed by atoms with Crippen LogP contribution in [0.3, 0.4) is 0 Å². The van der Waals surface area contributed by atoms with Gasteiger partial charge in [0.1, 0.15) is 23.9 Å². The zero-order chi connectivity index (χ0) is 28.2. The third kappa shape index (κ3) is 9.75. The number of thiol groups is 1. The van der Waals surface area contributed by atoms with E-state index in [1.54, 1.807) is 30.3 Å². The lowest BCUT2D eigenvalue weighted by Gasteiger charge is -2.25. The molecule has 0 heterocycles. The fourth-order valence-corrected chi connectivity index (χ4v) is 3.67. The van der Waals surface area contributed by atoms with Gasteiger partial charge in [-0.25, -0.2) is 4.79 Å². The first kappa shape index (κ1) is 30.1. The number of rotatable bonds is 14. The minimum Gasteiger partial charge on any atom is -0.508 e. The quantitative estimate of drug-likeness (QED) is 0.143. The largest absolute Gasteiger partial charge is 0.508 e. The average Bonchev–Trinajstić information content (AvgIpc) is 2.87. The van der Waals surface area contributed by atoms with E-state index in [0.29, 0.717) is 11.1 Å². The van der Waals surface area contributed by atoms with Gasteiger partial charge in [-0.1, -0.05) is 42.5 Å². The number of hydrogen-bond donors (Lipinski definition) is 8. The maximum Gasteiger partial charge on any atom is 0.327 e. The number of hydrogen-bond acceptors (Lipinski definition) is 8. The van der Waals surface area contributed by atoms with E-state index in [1.807, 2.05) is 0 Å². The van der Waals surface area contributed by atoms with Crippen molar-refractivity contribution < 1.29 is 39.3 Å². The maximum absolute atomic E-state index is 13.3. The number of nitrogens with two attached hydrogens (primary N) is 1. The number of aliphatic carboxylic acids is 2. The molecule has 38 heavy (non-hydrogen) atoms. The number of phenolic OH excluding ortho intramolecular Hbond substituents is 1. The molecule has 12 nitrogen and oxygen atoms in total. The molecule has 4 unspecified atom stereocenters. The molecule has 0 spiro atoms. The first-order chi connectivity index (χ1) is 18.0. The summed E-state index contributed by atoms with van der Waals surface area (Å²) in [5.74, 6) is -5.27. The lowest BCUT2D eigenvalue weighted by Crippen LogP contribution is -2.58. The summed E-state index contributed by atoms with van der Waals surface area (Å²) in [5, 5.41) is 35.1. The number of carboxylic acid groups (broad SMARTS) is 2. The predicted octanol–water partition coefficient (Wildman–Crippen LogP) is -0.552. The Morgan fingerprint density at radius 2 is 1.21 bits per heavy atom. The molecule has 0 radical (unpaired) electrons. The molecule has 3 amide bonds. The molecule has 0 aliphatic rings. The van der Waals surface area contributed by atoms with Gasteiger partial charge in [0.2, 0.25) is 17.7 Å². The third-order valence-corrected chi connectivity index (χ3v) is 5.82. The van der Waals surface area contributed by atoms with Gasteiger partial charge in [0, 0.05) is 18.6 Å². The van der Waals surface area contributed by atoms with Gasteiger partial charge in [0.05, 0.1) is 12.5 Å². The molecule has 0 aliphatic heterocycles. The minimum absolute atomic E-state index is 0.000143. The van der Waals surface area contributed by atoms with Crippen LogP contribution in [-0.2, 0) is 36.8 Å². The molecular weight excluding hydrogens is 516 g/mol. The molecule has 13 heteroatoms. The number of carboxylic acids is 2. The Kier molecular flexibility index (Phi) is 11.6. The number of nitrogens with one attached hydrogen (secondary N) is 3. The number of phenols is 1. The predicted molar refractivity (Wildman–Crippen MR) is 139 cm³/mol. The molecule has 204 valence electrons. The van der Waals surface area contributed by atoms with Crippen LogP contribution in [0.15, 0.2) is 54.6 Å². The number of benzene rings is 2. The van der Waals surface area contributed by atoms with E-state index in [1.165, 1.54) is 24.3 Å². The Hall–Kier alpha value is -4.10. The van der Waals surface area contributed by atoms with Crippen molar-refractivity contribution in [1.82, 2.24) is 16.0 Å². The second-order valence-electron chi connectivity index (χ2n) is 8.47. The summed E-state index contributed by atoms with van der Waals surface area (Å²) in [7, 11) is 0. The van der Waals surface area contributed by atoms with Crippen molar-refractivity contribution >= 4 is 42.3 Å². The van der Waals surface area contributed by atoms with Crippen LogP contribution in [0, 0.1) is 0 Å². The van der Waals surface area contributed by atoms with Crippen LogP contribution in [0.2, 0.25) is 0 Å². The Bertz CT molecular complexity index is 1130. The Morgan fingerprint density at radius 3 is 1.68 bits per heavy atom. The summed E-state index contributed by atoms with van der Waals surface area (Å²) in [6, 6.07) is 9.26. The van der Waals surface area contributed by atoms with Crippen molar-refractivity contribution in [3.8, 4) is 5.75 Å². The number of carbonyl (C=O) groups is 5. The monoisotopic (exact) mass is 546 g/mol. The first-order valence-corrected chi connectivity index (χ1v) is 12.2. The number of aromatic hydroxyl groups is 1. The molecule has 0 bridgehead atoms. The molecule has 0 fully saturated rings. The molecule has 2 aromatic rings. The minimum atomic E-state index is -1.42. The van der Waals surface area contributed by atoms with Crippen molar-refractivity contribution in [3.05, 3.63) is 65.7 Å². The van der Waals surface area contributed by atoms with Gasteiger partial charge in [-0.2, -0.15) is 12.6 Å². The van der Waals surface area contributed by atoms with E-state index in [9.17, 15) is 34.2 Å². The van der Waals surface area contributed by atoms with Crippen molar-refractivity contribution in [3.63, 3.8) is 0 Å². The van der Waals surface area contributed by atoms with E-state index >= 15 is 0 Å². The van der Waals surface area contributed by atoms with Crippen molar-refractivity contribution in [2.75, 3.05) is 5.75 Å². The first-order valence-electron chi connectivity index (χ1n) is 11.5. The van der Waals surface area contributed by atoms with E-state index in [2.05, 4.69) is 28.6 Å². The summed E-state index contributed by atoms with van der Waals surface area (Å²) in [6.07, 6.45) is -0.723. The number of amides is 3. The van der Waals surface area contributed by atoms with Gasteiger partial charge < -0.3 is 37.0 Å². The Morgan fingerprint density at radius 1 is 0.737 bits per heavy atom. The summed E-state index contributed by atoms with van der Waals surface area (Å²) < 4.78 is 0. The van der Waals surface area contributed by atoms with Gasteiger partial charge in [0.15, 0.2) is 0 Å². The highest BCUT2D eigenvalue weighted by Crippen LogP contribution is 2.12. The molecule has 8 N–H and O–H groups in total. The summed E-state index contributed by atoms with van der Waals surface area (Å²) in [5.41, 5.74) is 6.87. The lowest BCUT2D eigenvalue weighted by atomic mass is 10.0. The van der Waals surface area contributed by atoms with Gasteiger partial charge in [0.25, 0.3) is 0 Å². The van der Waals surface area contributed by atoms with Crippen LogP contribution >= 0.6 is 12.6 Å². The van der Waals surface area contributed by atoms with Crippen molar-refractivity contribution in [2.24, 2.45) is 5.73 Å². The normalized spacial score (nSPS) is 13.8. The highest BCUT2D eigenvalue weighted by atomic mass is 32.1. The van der Waals surface area contributed by atoms with Crippen molar-refractivity contribution in [2.45, 2.75) is 43.4 Å². The average molecular weight is 547 g/mol. The highest BCUT2D eigenvalue weighted by Gasteiger charge is 2.30. The Balaban J connectivity index is 2.30. The standard InChI is InChI=1S/C25H30N4O8S/c26-17(12-21(31)32)22(33)27-18(10-14-4-2-1-3-5-14)23(34)28-19(11-15-6-8-16(30)9-7-15)24(35)29-20(13-38)25(36)37/h1-9,17-20,30,38H,10-13,26H2,(H,27,33)(H,28,34)(H,29,35)(H,31,32)(H,36,37). The lowest BCUT2D eigenvalue weighted by molar-refractivity contribution is -0.141. The molecule has 0 saturated carbocycles. The third-order valence-electron chi connectivity index (χ3n) is 5.45. The number of carbonyl (C=O) groups excluding carboxylic acids is 3. The highest BCUT2D eigenvalue weighted by molar-refractivity contribution is 7.80. The fraction of sp³-hybridized carbons (Fsp3) is 0.320. The fourth-order valence-electron chi connectivity index (χ4n) is 3.43. The maximum atomic E-state index is 13.3. The van der Waals surface area contributed by atoms with Crippen LogP contribution in [0.4, 0.5) is 0 Å². The van der Waals surface area contributed by atoms with Gasteiger partial charge in [-0.15, -0.1) is 0 Å². The summed E-state index contributed by atoms with van der Waals surface area (Å²) in [4.78, 5) is 61.2. The van der Waals surface area contributed by atoms with Gasteiger partial charge >= 0.3 is 11.9 Å². The van der Waals surface area contributed by atoms with Gasteiger partial charge in [-0.3, -0.25) is 19.2 Å². The second kappa shape index (κ2) is 14.6. The van der Waals surface area contributed by atoms with Crippen molar-refractivity contribution in [1.29, 1.82) is 0 Å². The molecule has 0 aliphatic carbocycles. The van der Waals surface area contributed by atoms with Crippen LogP contribution in [0.1, 0.15) is 17.5 Å². The zero-order valence-corrected chi connectivity index (χ0v) is 21.1. The second-order valence-corrected chi connectivity index (χ2v) is 8.83. The topological polar surface area (TPSA) is 208 Å². The molecular formula is C25H30N4O8S. The molecule has 0 aromatic heterocycles. The SMILES string of the molecule is NC(CC(=O)O)C(=O)NC(Cc1ccccc1)C(=O)NC(Cc1ccc(O)cc1)C(=O)NC(CS)C(=O)O. The smallest absolute Gasteiger partial charge is 0.327 e. The molecule has 4 atom stereocenters. The molecule has 0 saturated heterocycles. The molecule has 2 aromatic carbocycles. The summed E-state index contributed by atoms with van der Waals surface area (Å²) in [6.45, 7) is 0. The van der Waals surface area contributed by atoms with Gasteiger partial charge in [-0.05, 0) is 23.3 Å². The van der Waals surface area contributed by atoms with Crippen LogP contribution < -0.4 is 21.7 Å². The Labute approximate surface area is 224 Å². The van der Waals surface area contributed by atoms with Crippen LogP contribution in [-0.4, -0.2) is 74.9 Å². The van der Waals surface area contributed by atoms with E-state index in [0.717, 1.165) is 0 Å². The van der Waals surface area contributed by atoms with E-state index in [-0.39, 0.29) is 24.3 Å². The van der Waals surface area contributed by atoms with E-state index in [4.69, 9.17) is 10.8 Å². The summed E-state index contributed by atoms with van der Waals surface area (Å²) >= 11 is 3.94. The van der Waals surface area contributed by atoms with Crippen LogP contribution in [0.5, 0.6) is 5.75 Å². The van der Waals surface area contributed by atoms with E-state index < -0.39 is 60.2 Å². The molecule has 2 rings (SSSR count). The zero-order valence-electron chi connectivity index (χ0n) is 20.2.